The molecule has 2 aromatic rings. The van der Waals surface area contributed by atoms with E-state index in [0.29, 0.717) is 18.1 Å². The fourth-order valence-electron chi connectivity index (χ4n) is 3.55. The number of hydrogen-bond donors (Lipinski definition) is 1. The van der Waals surface area contributed by atoms with Gasteiger partial charge in [0.05, 0.1) is 0 Å². The summed E-state index contributed by atoms with van der Waals surface area (Å²) >= 11 is 0. The number of ether oxygens (including phenoxy) is 1. The van der Waals surface area contributed by atoms with Gasteiger partial charge in [0.25, 0.3) is 0 Å². The van der Waals surface area contributed by atoms with Crippen LogP contribution in [0.1, 0.15) is 38.4 Å². The van der Waals surface area contributed by atoms with Crippen molar-refractivity contribution in [1.82, 2.24) is 25.2 Å². The van der Waals surface area contributed by atoms with Gasteiger partial charge in [0, 0.05) is 43.2 Å². The number of rotatable bonds is 9. The van der Waals surface area contributed by atoms with Crippen LogP contribution in [0.15, 0.2) is 18.3 Å². The van der Waals surface area contributed by atoms with Crippen LogP contribution < -0.4 is 15.0 Å². The Labute approximate surface area is 185 Å². The lowest BCUT2D eigenvalue weighted by Gasteiger charge is -2.28. The maximum Gasteiger partial charge on any atom is 0.242 e. The fraction of sp³-hybridized carbons (Fsp3) is 0.565. The molecule has 1 aliphatic carbocycles. The lowest BCUT2D eigenvalue weighted by atomic mass is 10.1. The summed E-state index contributed by atoms with van der Waals surface area (Å²) in [6.45, 7) is 7.25. The van der Waals surface area contributed by atoms with Crippen molar-refractivity contribution < 1.29 is 9.53 Å². The number of carbonyl (C=O) groups excluding carboxylic acids is 1. The Morgan fingerprint density at radius 2 is 1.97 bits per heavy atom. The Balaban J connectivity index is 1.89. The summed E-state index contributed by atoms with van der Waals surface area (Å²) in [6.07, 6.45) is 4.60. The van der Waals surface area contributed by atoms with Crippen LogP contribution in [-0.4, -0.2) is 72.1 Å². The largest absolute Gasteiger partial charge is 0.492 e. The van der Waals surface area contributed by atoms with Gasteiger partial charge in [0.1, 0.15) is 29.9 Å². The average Bonchev–Trinajstić information content (AvgIpc) is 3.20. The SMILES string of the molecule is CC(C)NC(=O)C(C)N(C)c1nc(-c2cc(OCCN(C)C)ccn2)nc2c1CCC2. The van der Waals surface area contributed by atoms with Crippen molar-refractivity contribution in [1.29, 1.82) is 0 Å². The van der Waals surface area contributed by atoms with Gasteiger partial charge in [-0.2, -0.15) is 0 Å². The normalized spacial score (nSPS) is 13.9. The Bertz CT molecular complexity index is 915. The average molecular weight is 427 g/mol. The van der Waals surface area contributed by atoms with Gasteiger partial charge < -0.3 is 19.9 Å². The molecule has 8 heteroatoms. The first-order chi connectivity index (χ1) is 14.8. The highest BCUT2D eigenvalue weighted by atomic mass is 16.5. The lowest BCUT2D eigenvalue weighted by Crippen LogP contribution is -2.46. The summed E-state index contributed by atoms with van der Waals surface area (Å²) in [4.78, 5) is 30.8. The van der Waals surface area contributed by atoms with Crippen molar-refractivity contribution in [3.8, 4) is 17.3 Å². The molecule has 1 N–H and O–H groups in total. The van der Waals surface area contributed by atoms with Gasteiger partial charge in [0.2, 0.25) is 5.91 Å². The summed E-state index contributed by atoms with van der Waals surface area (Å²) in [7, 11) is 5.95. The van der Waals surface area contributed by atoms with Crippen LogP contribution in [0.5, 0.6) is 5.75 Å². The van der Waals surface area contributed by atoms with E-state index in [1.54, 1.807) is 6.20 Å². The number of likely N-dealkylation sites (N-methyl/N-ethyl adjacent to an activating group) is 2. The fourth-order valence-corrected chi connectivity index (χ4v) is 3.55. The third-order valence-electron chi connectivity index (χ3n) is 5.40. The van der Waals surface area contributed by atoms with E-state index < -0.39 is 0 Å². The number of hydrogen-bond acceptors (Lipinski definition) is 7. The molecule has 0 fully saturated rings. The van der Waals surface area contributed by atoms with Crippen molar-refractivity contribution in [2.45, 2.75) is 52.1 Å². The van der Waals surface area contributed by atoms with Crippen LogP contribution >= 0.6 is 0 Å². The predicted molar refractivity (Wildman–Crippen MR) is 122 cm³/mol. The molecule has 2 heterocycles. The van der Waals surface area contributed by atoms with Gasteiger partial charge in [-0.05, 0) is 60.2 Å². The molecule has 0 spiro atoms. The van der Waals surface area contributed by atoms with Crippen LogP contribution in [0.25, 0.3) is 11.5 Å². The summed E-state index contributed by atoms with van der Waals surface area (Å²) in [6, 6.07) is 3.47. The zero-order valence-electron chi connectivity index (χ0n) is 19.5. The number of carbonyl (C=O) groups is 1. The van der Waals surface area contributed by atoms with E-state index in [1.165, 1.54) is 0 Å². The van der Waals surface area contributed by atoms with Gasteiger partial charge in [-0.25, -0.2) is 9.97 Å². The van der Waals surface area contributed by atoms with Crippen LogP contribution in [0.2, 0.25) is 0 Å². The molecular weight excluding hydrogens is 392 g/mol. The topological polar surface area (TPSA) is 83.5 Å². The minimum Gasteiger partial charge on any atom is -0.492 e. The minimum absolute atomic E-state index is 0.0150. The number of fused-ring (bicyclic) bond motifs is 1. The van der Waals surface area contributed by atoms with Crippen molar-refractivity contribution in [3.63, 3.8) is 0 Å². The molecular formula is C23H34N6O2. The van der Waals surface area contributed by atoms with Crippen molar-refractivity contribution in [2.24, 2.45) is 0 Å². The maximum absolute atomic E-state index is 12.6. The maximum atomic E-state index is 12.6. The summed E-state index contributed by atoms with van der Waals surface area (Å²) in [5.41, 5.74) is 2.85. The second kappa shape index (κ2) is 10.0. The number of aryl methyl sites for hydroxylation is 1. The van der Waals surface area contributed by atoms with Crippen molar-refractivity contribution >= 4 is 11.7 Å². The first-order valence-electron chi connectivity index (χ1n) is 10.9. The second-order valence-electron chi connectivity index (χ2n) is 8.63. The minimum atomic E-state index is -0.344. The van der Waals surface area contributed by atoms with E-state index in [0.717, 1.165) is 48.6 Å². The van der Waals surface area contributed by atoms with E-state index in [-0.39, 0.29) is 18.0 Å². The highest BCUT2D eigenvalue weighted by molar-refractivity contribution is 5.85. The van der Waals surface area contributed by atoms with Gasteiger partial charge in [-0.3, -0.25) is 9.78 Å². The molecule has 0 radical (unpaired) electrons. The third kappa shape index (κ3) is 5.70. The molecule has 3 rings (SSSR count). The first kappa shape index (κ1) is 22.9. The highest BCUT2D eigenvalue weighted by Crippen LogP contribution is 2.32. The van der Waals surface area contributed by atoms with Gasteiger partial charge in [-0.15, -0.1) is 0 Å². The molecule has 0 aromatic carbocycles. The van der Waals surface area contributed by atoms with Gasteiger partial charge in [-0.1, -0.05) is 0 Å². The van der Waals surface area contributed by atoms with Crippen LogP contribution in [0.3, 0.4) is 0 Å². The monoisotopic (exact) mass is 426 g/mol. The summed E-state index contributed by atoms with van der Waals surface area (Å²) in [5.74, 6) is 2.11. The van der Waals surface area contributed by atoms with Crippen LogP contribution in [0.4, 0.5) is 5.82 Å². The lowest BCUT2D eigenvalue weighted by molar-refractivity contribution is -0.122. The van der Waals surface area contributed by atoms with E-state index in [9.17, 15) is 4.79 Å². The highest BCUT2D eigenvalue weighted by Gasteiger charge is 2.27. The zero-order valence-corrected chi connectivity index (χ0v) is 19.5. The molecule has 0 saturated carbocycles. The number of pyridine rings is 1. The van der Waals surface area contributed by atoms with Crippen molar-refractivity contribution in [2.75, 3.05) is 39.2 Å². The third-order valence-corrected chi connectivity index (χ3v) is 5.40. The molecule has 1 atom stereocenters. The standard InChI is InChI=1S/C23H34N6O2/c1-15(2)25-23(30)16(3)29(6)22-18-8-7-9-19(18)26-21(27-22)20-14-17(10-11-24-20)31-13-12-28(4)5/h10-11,14-16H,7-9,12-13H2,1-6H3,(H,25,30). The molecule has 1 unspecified atom stereocenters. The van der Waals surface area contributed by atoms with E-state index in [2.05, 4.69) is 15.2 Å². The smallest absolute Gasteiger partial charge is 0.242 e. The number of aromatic nitrogens is 3. The number of nitrogens with zero attached hydrogens (tertiary/aromatic N) is 5. The molecule has 2 aromatic heterocycles. The molecule has 0 aliphatic heterocycles. The molecule has 8 nitrogen and oxygen atoms in total. The zero-order chi connectivity index (χ0) is 22.5. The second-order valence-corrected chi connectivity index (χ2v) is 8.63. The first-order valence-corrected chi connectivity index (χ1v) is 10.9. The van der Waals surface area contributed by atoms with Gasteiger partial charge in [0.15, 0.2) is 5.82 Å². The number of nitrogens with one attached hydrogen (secondary N) is 1. The Morgan fingerprint density at radius 1 is 1.19 bits per heavy atom. The predicted octanol–water partition coefficient (Wildman–Crippen LogP) is 2.32. The van der Waals surface area contributed by atoms with Crippen LogP contribution in [0, 0.1) is 0 Å². The Hall–Kier alpha value is -2.74. The van der Waals surface area contributed by atoms with E-state index in [4.69, 9.17) is 14.7 Å². The summed E-state index contributed by atoms with van der Waals surface area (Å²) < 4.78 is 5.86. The molecule has 168 valence electrons. The number of amides is 1. The summed E-state index contributed by atoms with van der Waals surface area (Å²) in [5, 5.41) is 2.99. The quantitative estimate of drug-likeness (QED) is 0.659. The van der Waals surface area contributed by atoms with Gasteiger partial charge >= 0.3 is 0 Å². The Morgan fingerprint density at radius 3 is 2.68 bits per heavy atom. The van der Waals surface area contributed by atoms with Crippen molar-refractivity contribution in [3.05, 3.63) is 29.6 Å². The molecule has 31 heavy (non-hydrogen) atoms. The number of anilines is 1. The van der Waals surface area contributed by atoms with E-state index >= 15 is 0 Å². The molecule has 0 saturated heterocycles. The molecule has 1 aliphatic rings. The van der Waals surface area contributed by atoms with Crippen LogP contribution in [-0.2, 0) is 17.6 Å². The molecule has 0 bridgehead atoms. The molecule has 1 amide bonds. The van der Waals surface area contributed by atoms with E-state index in [1.807, 2.05) is 58.9 Å². The Kier molecular flexibility index (Phi) is 7.43.